The number of nitrogens with one attached hydrogen (secondary N) is 1. The Balaban J connectivity index is 1.99. The highest BCUT2D eigenvalue weighted by Crippen LogP contribution is 2.19. The summed E-state index contributed by atoms with van der Waals surface area (Å²) in [4.78, 5) is 0. The van der Waals surface area contributed by atoms with Crippen LogP contribution in [0.3, 0.4) is 0 Å². The van der Waals surface area contributed by atoms with Gasteiger partial charge in [0.2, 0.25) is 0 Å². The van der Waals surface area contributed by atoms with E-state index in [1.165, 1.54) is 0 Å². The Bertz CT molecular complexity index is 335. The van der Waals surface area contributed by atoms with Gasteiger partial charge < -0.3 is 4.74 Å². The summed E-state index contributed by atoms with van der Waals surface area (Å²) in [5.41, 5.74) is 1.29. The summed E-state index contributed by atoms with van der Waals surface area (Å²) in [6, 6.07) is 2.05. The van der Waals surface area contributed by atoms with Crippen molar-refractivity contribution in [2.24, 2.45) is 5.92 Å². The van der Waals surface area contributed by atoms with E-state index in [4.69, 9.17) is 10.00 Å². The Morgan fingerprint density at radius 2 is 2.29 bits per heavy atom. The normalized spacial score (nSPS) is 17.9. The smallest absolute Gasteiger partial charge is 0.158 e. The first kappa shape index (κ1) is 9.16. The van der Waals surface area contributed by atoms with Crippen LogP contribution in [0.15, 0.2) is 0 Å². The van der Waals surface area contributed by atoms with Crippen LogP contribution in [0.5, 0.6) is 0 Å². The fourth-order valence-electron chi connectivity index (χ4n) is 1.71. The first-order chi connectivity index (χ1) is 6.90. The van der Waals surface area contributed by atoms with Gasteiger partial charge in [-0.1, -0.05) is 5.21 Å². The van der Waals surface area contributed by atoms with Gasteiger partial charge in [-0.3, -0.25) is 0 Å². The fraction of sp³-hybridized carbons (Fsp3) is 0.667. The van der Waals surface area contributed by atoms with Crippen LogP contribution in [0.2, 0.25) is 0 Å². The van der Waals surface area contributed by atoms with Gasteiger partial charge in [0, 0.05) is 13.2 Å². The van der Waals surface area contributed by atoms with Gasteiger partial charge >= 0.3 is 0 Å². The molecule has 0 bridgehead atoms. The SMILES string of the molecule is N#Cc1[nH]nnc1CC1CCOCC1. The number of hydrogen-bond acceptors (Lipinski definition) is 4. The van der Waals surface area contributed by atoms with Gasteiger partial charge in [-0.05, 0) is 25.2 Å². The van der Waals surface area contributed by atoms with Gasteiger partial charge in [-0.25, -0.2) is 5.10 Å². The molecule has 0 aliphatic carbocycles. The first-order valence-corrected chi connectivity index (χ1v) is 4.78. The fourth-order valence-corrected chi connectivity index (χ4v) is 1.71. The lowest BCUT2D eigenvalue weighted by Gasteiger charge is -2.20. The summed E-state index contributed by atoms with van der Waals surface area (Å²) in [5.74, 6) is 0.584. The molecule has 1 saturated heterocycles. The van der Waals surface area contributed by atoms with E-state index < -0.39 is 0 Å². The average Bonchev–Trinajstić information content (AvgIpc) is 2.67. The lowest BCUT2D eigenvalue weighted by atomic mass is 9.94. The van der Waals surface area contributed by atoms with E-state index in [9.17, 15) is 0 Å². The van der Waals surface area contributed by atoms with Crippen molar-refractivity contribution >= 4 is 0 Å². The molecule has 1 aliphatic heterocycles. The van der Waals surface area contributed by atoms with Crippen molar-refractivity contribution in [3.63, 3.8) is 0 Å². The number of aromatic amines is 1. The van der Waals surface area contributed by atoms with Gasteiger partial charge in [0.15, 0.2) is 5.69 Å². The van der Waals surface area contributed by atoms with E-state index in [2.05, 4.69) is 21.5 Å². The topological polar surface area (TPSA) is 74.6 Å². The molecule has 1 aromatic rings. The molecule has 5 heteroatoms. The minimum Gasteiger partial charge on any atom is -0.381 e. The maximum absolute atomic E-state index is 8.75. The molecule has 2 rings (SSSR count). The Hall–Kier alpha value is -1.41. The third-order valence-corrected chi connectivity index (χ3v) is 2.56. The number of rotatable bonds is 2. The molecular weight excluding hydrogens is 180 g/mol. The third kappa shape index (κ3) is 1.91. The number of nitriles is 1. The van der Waals surface area contributed by atoms with Crippen LogP contribution >= 0.6 is 0 Å². The van der Waals surface area contributed by atoms with E-state index in [1.807, 2.05) is 0 Å². The zero-order chi connectivity index (χ0) is 9.80. The largest absolute Gasteiger partial charge is 0.381 e. The monoisotopic (exact) mass is 192 g/mol. The molecule has 0 saturated carbocycles. The second-order valence-electron chi connectivity index (χ2n) is 3.51. The lowest BCUT2D eigenvalue weighted by molar-refractivity contribution is 0.0662. The molecule has 0 aromatic carbocycles. The van der Waals surface area contributed by atoms with Crippen molar-refractivity contribution < 1.29 is 4.74 Å². The molecule has 0 spiro atoms. The summed E-state index contributed by atoms with van der Waals surface area (Å²) in [6.45, 7) is 1.65. The molecule has 0 amide bonds. The maximum Gasteiger partial charge on any atom is 0.158 e. The number of hydrogen-bond donors (Lipinski definition) is 1. The number of H-pyrrole nitrogens is 1. The van der Waals surface area contributed by atoms with Crippen LogP contribution in [0.25, 0.3) is 0 Å². The maximum atomic E-state index is 8.75. The van der Waals surface area contributed by atoms with Crippen molar-refractivity contribution in [1.82, 2.24) is 15.4 Å². The zero-order valence-corrected chi connectivity index (χ0v) is 7.86. The summed E-state index contributed by atoms with van der Waals surface area (Å²) < 4.78 is 5.27. The van der Waals surface area contributed by atoms with Gasteiger partial charge in [-0.15, -0.1) is 5.10 Å². The van der Waals surface area contributed by atoms with Crippen molar-refractivity contribution in [2.45, 2.75) is 19.3 Å². The number of aromatic nitrogens is 3. The van der Waals surface area contributed by atoms with Crippen molar-refractivity contribution in [3.8, 4) is 6.07 Å². The van der Waals surface area contributed by atoms with Crippen molar-refractivity contribution in [1.29, 1.82) is 5.26 Å². The second kappa shape index (κ2) is 4.20. The van der Waals surface area contributed by atoms with E-state index in [-0.39, 0.29) is 0 Å². The zero-order valence-electron chi connectivity index (χ0n) is 7.86. The second-order valence-corrected chi connectivity index (χ2v) is 3.51. The van der Waals surface area contributed by atoms with Crippen LogP contribution in [0.1, 0.15) is 24.2 Å². The van der Waals surface area contributed by atoms with Crippen LogP contribution in [0.4, 0.5) is 0 Å². The molecule has 1 aromatic heterocycles. The Kier molecular flexibility index (Phi) is 2.75. The molecule has 74 valence electrons. The van der Waals surface area contributed by atoms with Crippen LogP contribution in [-0.4, -0.2) is 28.6 Å². The van der Waals surface area contributed by atoms with E-state index in [1.54, 1.807) is 0 Å². The van der Waals surface area contributed by atoms with Crippen LogP contribution < -0.4 is 0 Å². The van der Waals surface area contributed by atoms with E-state index in [0.717, 1.165) is 38.2 Å². The Morgan fingerprint density at radius 3 is 3.00 bits per heavy atom. The molecule has 1 aliphatic rings. The Morgan fingerprint density at radius 1 is 1.50 bits per heavy atom. The molecule has 1 fully saturated rings. The summed E-state index contributed by atoms with van der Waals surface area (Å²) >= 11 is 0. The number of ether oxygens (including phenoxy) is 1. The number of nitrogens with zero attached hydrogens (tertiary/aromatic N) is 3. The van der Waals surface area contributed by atoms with Gasteiger partial charge in [-0.2, -0.15) is 5.26 Å². The molecule has 0 radical (unpaired) electrons. The summed E-state index contributed by atoms with van der Waals surface area (Å²) in [5, 5.41) is 18.9. The highest BCUT2D eigenvalue weighted by atomic mass is 16.5. The highest BCUT2D eigenvalue weighted by Gasteiger charge is 2.17. The molecule has 14 heavy (non-hydrogen) atoms. The molecule has 0 atom stereocenters. The van der Waals surface area contributed by atoms with Crippen molar-refractivity contribution in [2.75, 3.05) is 13.2 Å². The third-order valence-electron chi connectivity index (χ3n) is 2.56. The Labute approximate surface area is 82.1 Å². The quantitative estimate of drug-likeness (QED) is 0.746. The highest BCUT2D eigenvalue weighted by molar-refractivity contribution is 5.23. The molecule has 2 heterocycles. The average molecular weight is 192 g/mol. The van der Waals surface area contributed by atoms with Crippen LogP contribution in [-0.2, 0) is 11.2 Å². The first-order valence-electron chi connectivity index (χ1n) is 4.78. The van der Waals surface area contributed by atoms with E-state index >= 15 is 0 Å². The van der Waals surface area contributed by atoms with E-state index in [0.29, 0.717) is 11.6 Å². The predicted molar refractivity (Wildman–Crippen MR) is 48.3 cm³/mol. The summed E-state index contributed by atoms with van der Waals surface area (Å²) in [7, 11) is 0. The van der Waals surface area contributed by atoms with Crippen LogP contribution in [0, 0.1) is 17.2 Å². The van der Waals surface area contributed by atoms with Crippen molar-refractivity contribution in [3.05, 3.63) is 11.4 Å². The predicted octanol–water partition coefficient (Wildman–Crippen LogP) is 0.645. The van der Waals surface area contributed by atoms with Gasteiger partial charge in [0.05, 0.1) is 0 Å². The lowest BCUT2D eigenvalue weighted by Crippen LogP contribution is -2.18. The van der Waals surface area contributed by atoms with Gasteiger partial charge in [0.25, 0.3) is 0 Å². The standard InChI is InChI=1S/C9H12N4O/c10-6-9-8(11-13-12-9)5-7-1-3-14-4-2-7/h7H,1-5H2,(H,11,12,13). The molecule has 5 nitrogen and oxygen atoms in total. The minimum absolute atomic E-state index is 0.497. The molecular formula is C9H12N4O. The molecule has 0 unspecified atom stereocenters. The molecule has 1 N–H and O–H groups in total. The summed E-state index contributed by atoms with van der Waals surface area (Å²) in [6.07, 6.45) is 2.94. The van der Waals surface area contributed by atoms with Gasteiger partial charge in [0.1, 0.15) is 11.8 Å². The minimum atomic E-state index is 0.497.